The van der Waals surface area contributed by atoms with Crippen LogP contribution in [0.25, 0.3) is 11.1 Å². The number of nitrogens with one attached hydrogen (secondary N) is 1. The number of nitrogens with zero attached hydrogens (tertiary/aromatic N) is 1. The van der Waals surface area contributed by atoms with E-state index in [1.165, 1.54) is 41.7 Å². The second kappa shape index (κ2) is 7.51. The molecular weight excluding hydrogens is 306 g/mol. The highest BCUT2D eigenvalue weighted by atomic mass is 32.1. The summed E-state index contributed by atoms with van der Waals surface area (Å²) < 4.78 is 5.19. The quantitative estimate of drug-likeness (QED) is 0.648. The van der Waals surface area contributed by atoms with Crippen molar-refractivity contribution >= 4 is 17.3 Å². The lowest BCUT2D eigenvalue weighted by Gasteiger charge is -2.11. The maximum Gasteiger partial charge on any atom is 0.189 e. The van der Waals surface area contributed by atoms with Crippen LogP contribution in [0.2, 0.25) is 0 Å². The Morgan fingerprint density at radius 2 is 2.00 bits per heavy atom. The van der Waals surface area contributed by atoms with E-state index in [1.54, 1.807) is 18.4 Å². The summed E-state index contributed by atoms with van der Waals surface area (Å²) in [5.41, 5.74) is 8.38. The summed E-state index contributed by atoms with van der Waals surface area (Å²) >= 11 is 1.72. The third kappa shape index (κ3) is 4.26. The van der Waals surface area contributed by atoms with Crippen LogP contribution in [-0.2, 0) is 6.54 Å². The third-order valence-electron chi connectivity index (χ3n) is 4.19. The molecule has 0 amide bonds. The molecule has 122 valence electrons. The zero-order valence-corrected chi connectivity index (χ0v) is 14.2. The van der Waals surface area contributed by atoms with Gasteiger partial charge in [-0.15, -0.1) is 11.3 Å². The number of hydrogen-bond donors (Lipinski definition) is 2. The molecule has 2 aromatic rings. The number of benzene rings is 1. The number of nitrogens with two attached hydrogens (primary N) is 1. The largest absolute Gasteiger partial charge is 0.497 e. The molecule has 1 aliphatic carbocycles. The van der Waals surface area contributed by atoms with E-state index in [0.717, 1.165) is 5.75 Å². The molecule has 1 heterocycles. The van der Waals surface area contributed by atoms with Crippen molar-refractivity contribution in [3.8, 4) is 16.9 Å². The third-order valence-corrected chi connectivity index (χ3v) is 5.11. The fraction of sp³-hybridized carbons (Fsp3) is 0.389. The predicted octanol–water partition coefficient (Wildman–Crippen LogP) is 3.77. The topological polar surface area (TPSA) is 59.6 Å². The summed E-state index contributed by atoms with van der Waals surface area (Å²) in [5, 5.41) is 5.48. The van der Waals surface area contributed by atoms with Gasteiger partial charge in [-0.25, -0.2) is 4.99 Å². The van der Waals surface area contributed by atoms with Crippen LogP contribution < -0.4 is 15.8 Å². The van der Waals surface area contributed by atoms with E-state index >= 15 is 0 Å². The summed E-state index contributed by atoms with van der Waals surface area (Å²) in [6.07, 6.45) is 5.00. The Labute approximate surface area is 141 Å². The normalized spacial score (nSPS) is 15.8. The van der Waals surface area contributed by atoms with Gasteiger partial charge in [0, 0.05) is 10.9 Å². The first-order valence-corrected chi connectivity index (χ1v) is 8.91. The minimum Gasteiger partial charge on any atom is -0.497 e. The van der Waals surface area contributed by atoms with Gasteiger partial charge in [-0.1, -0.05) is 25.0 Å². The fourth-order valence-corrected chi connectivity index (χ4v) is 3.70. The lowest BCUT2D eigenvalue weighted by molar-refractivity contribution is 0.415. The van der Waals surface area contributed by atoms with Crippen molar-refractivity contribution in [2.24, 2.45) is 10.7 Å². The Morgan fingerprint density at radius 1 is 1.26 bits per heavy atom. The lowest BCUT2D eigenvalue weighted by Crippen LogP contribution is -2.38. The molecule has 5 heteroatoms. The molecule has 0 atom stereocenters. The molecule has 0 saturated heterocycles. The predicted molar refractivity (Wildman–Crippen MR) is 97.0 cm³/mol. The molecule has 3 rings (SSSR count). The molecule has 1 aromatic heterocycles. The molecule has 0 unspecified atom stereocenters. The maximum atomic E-state index is 5.98. The first-order chi connectivity index (χ1) is 11.2. The summed E-state index contributed by atoms with van der Waals surface area (Å²) in [7, 11) is 1.68. The molecular formula is C18H23N3OS. The maximum absolute atomic E-state index is 5.98. The van der Waals surface area contributed by atoms with Crippen molar-refractivity contribution in [3.05, 3.63) is 40.6 Å². The smallest absolute Gasteiger partial charge is 0.189 e. The van der Waals surface area contributed by atoms with E-state index in [9.17, 15) is 0 Å². The van der Waals surface area contributed by atoms with Gasteiger partial charge in [-0.05, 0) is 47.5 Å². The van der Waals surface area contributed by atoms with Gasteiger partial charge in [-0.3, -0.25) is 0 Å². The first-order valence-electron chi connectivity index (χ1n) is 8.03. The van der Waals surface area contributed by atoms with Gasteiger partial charge in [0.05, 0.1) is 13.7 Å². The molecule has 1 aromatic carbocycles. The number of ether oxygens (including phenoxy) is 1. The van der Waals surface area contributed by atoms with Crippen molar-refractivity contribution in [2.75, 3.05) is 7.11 Å². The Morgan fingerprint density at radius 3 is 2.70 bits per heavy atom. The van der Waals surface area contributed by atoms with Crippen molar-refractivity contribution in [1.82, 2.24) is 5.32 Å². The number of aliphatic imine (C=N–C) groups is 1. The second-order valence-corrected chi connectivity index (χ2v) is 6.85. The highest BCUT2D eigenvalue weighted by Gasteiger charge is 2.14. The number of rotatable bonds is 5. The Balaban J connectivity index is 1.59. The molecule has 1 saturated carbocycles. The molecule has 4 nitrogen and oxygen atoms in total. The van der Waals surface area contributed by atoms with Crippen LogP contribution in [0.1, 0.15) is 30.6 Å². The van der Waals surface area contributed by atoms with Gasteiger partial charge in [0.2, 0.25) is 0 Å². The zero-order valence-electron chi connectivity index (χ0n) is 13.4. The van der Waals surface area contributed by atoms with Gasteiger partial charge in [0.25, 0.3) is 0 Å². The minimum absolute atomic E-state index is 0.511. The van der Waals surface area contributed by atoms with E-state index in [-0.39, 0.29) is 0 Å². The number of thiophene rings is 1. The average molecular weight is 329 g/mol. The molecule has 0 bridgehead atoms. The van der Waals surface area contributed by atoms with Crippen molar-refractivity contribution in [1.29, 1.82) is 0 Å². The van der Waals surface area contributed by atoms with Crippen molar-refractivity contribution in [2.45, 2.75) is 38.3 Å². The van der Waals surface area contributed by atoms with Gasteiger partial charge in [0.1, 0.15) is 5.75 Å². The van der Waals surface area contributed by atoms with Gasteiger partial charge >= 0.3 is 0 Å². The monoisotopic (exact) mass is 329 g/mol. The van der Waals surface area contributed by atoms with Gasteiger partial charge < -0.3 is 15.8 Å². The summed E-state index contributed by atoms with van der Waals surface area (Å²) in [6, 6.07) is 10.8. The highest BCUT2D eigenvalue weighted by Crippen LogP contribution is 2.27. The second-order valence-electron chi connectivity index (χ2n) is 5.86. The minimum atomic E-state index is 0.511. The molecule has 0 spiro atoms. The number of guanidine groups is 1. The Kier molecular flexibility index (Phi) is 5.18. The van der Waals surface area contributed by atoms with E-state index in [4.69, 9.17) is 10.5 Å². The molecule has 1 aliphatic rings. The van der Waals surface area contributed by atoms with Crippen LogP contribution in [0, 0.1) is 0 Å². The highest BCUT2D eigenvalue weighted by molar-refractivity contribution is 7.10. The van der Waals surface area contributed by atoms with Gasteiger partial charge in [0.15, 0.2) is 5.96 Å². The summed E-state index contributed by atoms with van der Waals surface area (Å²) in [6.45, 7) is 0.631. The average Bonchev–Trinajstić information content (AvgIpc) is 3.25. The number of hydrogen-bond acceptors (Lipinski definition) is 3. The molecule has 23 heavy (non-hydrogen) atoms. The Bertz CT molecular complexity index is 657. The molecule has 0 aliphatic heterocycles. The van der Waals surface area contributed by atoms with E-state index < -0.39 is 0 Å². The SMILES string of the molecule is COc1ccc(-c2csc(CN=C(N)NC3CCCC3)c2)cc1. The summed E-state index contributed by atoms with van der Waals surface area (Å²) in [5.74, 6) is 1.44. The van der Waals surface area contributed by atoms with Gasteiger partial charge in [-0.2, -0.15) is 0 Å². The Hall–Kier alpha value is -2.01. The molecule has 3 N–H and O–H groups in total. The zero-order chi connectivity index (χ0) is 16.1. The van der Waals surface area contributed by atoms with Crippen LogP contribution in [0.3, 0.4) is 0 Å². The molecule has 1 fully saturated rings. The fourth-order valence-electron chi connectivity index (χ4n) is 2.89. The first kappa shape index (κ1) is 15.9. The van der Waals surface area contributed by atoms with Crippen LogP contribution in [0.15, 0.2) is 40.7 Å². The van der Waals surface area contributed by atoms with Crippen molar-refractivity contribution < 1.29 is 4.74 Å². The summed E-state index contributed by atoms with van der Waals surface area (Å²) in [4.78, 5) is 5.68. The van der Waals surface area contributed by atoms with E-state index in [0.29, 0.717) is 18.5 Å². The van der Waals surface area contributed by atoms with Crippen LogP contribution in [0.4, 0.5) is 0 Å². The van der Waals surface area contributed by atoms with Crippen LogP contribution in [-0.4, -0.2) is 19.1 Å². The molecule has 0 radical (unpaired) electrons. The van der Waals surface area contributed by atoms with Crippen LogP contribution >= 0.6 is 11.3 Å². The number of methoxy groups -OCH3 is 1. The van der Waals surface area contributed by atoms with Crippen molar-refractivity contribution in [3.63, 3.8) is 0 Å². The van der Waals surface area contributed by atoms with E-state index in [1.807, 2.05) is 12.1 Å². The van der Waals surface area contributed by atoms with Crippen LogP contribution in [0.5, 0.6) is 5.75 Å². The lowest BCUT2D eigenvalue weighted by atomic mass is 10.1. The van der Waals surface area contributed by atoms with E-state index in [2.05, 4.69) is 33.9 Å². The standard InChI is InChI=1S/C18H23N3OS/c1-22-16-8-6-13(7-9-16)14-10-17(23-12-14)11-20-18(19)21-15-4-2-3-5-15/h6-10,12,15H,2-5,11H2,1H3,(H3,19,20,21).